The van der Waals surface area contributed by atoms with Gasteiger partial charge < -0.3 is 9.64 Å². The SMILES string of the molecule is N#Cc1ccc(-c2ccc(OCCCN3CC[C@@H](NS(=O)(=O)c4ccc(F)c(Cl)c4)C3)cc2)cc1. The molecule has 0 unspecified atom stereocenters. The van der Waals surface area contributed by atoms with Crippen LogP contribution in [0, 0.1) is 17.1 Å². The third kappa shape index (κ3) is 6.59. The highest BCUT2D eigenvalue weighted by Gasteiger charge is 2.27. The maximum Gasteiger partial charge on any atom is 0.240 e. The van der Waals surface area contributed by atoms with Gasteiger partial charge in [-0.05, 0) is 73.0 Å². The molecule has 1 saturated heterocycles. The Hall–Kier alpha value is -2.96. The van der Waals surface area contributed by atoms with Crippen molar-refractivity contribution in [3.05, 3.63) is 83.1 Å². The third-order valence-electron chi connectivity index (χ3n) is 5.88. The summed E-state index contributed by atoms with van der Waals surface area (Å²) in [6.45, 7) is 2.74. The van der Waals surface area contributed by atoms with Crippen LogP contribution in [0.3, 0.4) is 0 Å². The number of nitrogens with one attached hydrogen (secondary N) is 1. The number of nitrogens with zero attached hydrogens (tertiary/aromatic N) is 2. The van der Waals surface area contributed by atoms with Crippen molar-refractivity contribution in [1.82, 2.24) is 9.62 Å². The molecule has 1 N–H and O–H groups in total. The van der Waals surface area contributed by atoms with Crippen LogP contribution in [0.2, 0.25) is 5.02 Å². The van der Waals surface area contributed by atoms with E-state index in [-0.39, 0.29) is 16.0 Å². The number of hydrogen-bond acceptors (Lipinski definition) is 5. The highest BCUT2D eigenvalue weighted by Crippen LogP contribution is 2.23. The second-order valence-electron chi connectivity index (χ2n) is 8.40. The minimum absolute atomic E-state index is 0.0408. The lowest BCUT2D eigenvalue weighted by Gasteiger charge is -2.17. The number of benzene rings is 3. The van der Waals surface area contributed by atoms with Crippen LogP contribution in [-0.4, -0.2) is 45.6 Å². The fourth-order valence-electron chi connectivity index (χ4n) is 4.02. The van der Waals surface area contributed by atoms with Gasteiger partial charge in [-0.1, -0.05) is 35.9 Å². The van der Waals surface area contributed by atoms with Gasteiger partial charge in [0.15, 0.2) is 0 Å². The van der Waals surface area contributed by atoms with Crippen molar-refractivity contribution in [1.29, 1.82) is 5.26 Å². The lowest BCUT2D eigenvalue weighted by Crippen LogP contribution is -2.37. The van der Waals surface area contributed by atoms with Crippen molar-refractivity contribution < 1.29 is 17.5 Å². The molecular weight excluding hydrogens is 489 g/mol. The van der Waals surface area contributed by atoms with E-state index in [1.807, 2.05) is 36.4 Å². The summed E-state index contributed by atoms with van der Waals surface area (Å²) < 4.78 is 47.0. The Morgan fingerprint density at radius 2 is 1.77 bits per heavy atom. The molecule has 3 aromatic rings. The summed E-state index contributed by atoms with van der Waals surface area (Å²) in [5.41, 5.74) is 2.72. The summed E-state index contributed by atoms with van der Waals surface area (Å²) in [4.78, 5) is 2.16. The van der Waals surface area contributed by atoms with Gasteiger partial charge >= 0.3 is 0 Å². The molecule has 3 aromatic carbocycles. The van der Waals surface area contributed by atoms with Crippen molar-refractivity contribution in [2.24, 2.45) is 0 Å². The Balaban J connectivity index is 1.20. The van der Waals surface area contributed by atoms with Crippen molar-refractivity contribution in [2.75, 3.05) is 26.2 Å². The van der Waals surface area contributed by atoms with E-state index in [1.165, 1.54) is 6.07 Å². The van der Waals surface area contributed by atoms with E-state index in [1.54, 1.807) is 12.1 Å². The van der Waals surface area contributed by atoms with Crippen LogP contribution in [-0.2, 0) is 10.0 Å². The molecule has 0 aliphatic carbocycles. The number of hydrogen-bond donors (Lipinski definition) is 1. The Morgan fingerprint density at radius 1 is 1.09 bits per heavy atom. The lowest BCUT2D eigenvalue weighted by atomic mass is 10.0. The van der Waals surface area contributed by atoms with Crippen LogP contribution in [0.4, 0.5) is 4.39 Å². The van der Waals surface area contributed by atoms with Crippen molar-refractivity contribution in [2.45, 2.75) is 23.8 Å². The van der Waals surface area contributed by atoms with E-state index >= 15 is 0 Å². The van der Waals surface area contributed by atoms with E-state index < -0.39 is 15.8 Å². The molecule has 1 aliphatic rings. The van der Waals surface area contributed by atoms with Crippen molar-refractivity contribution in [3.63, 3.8) is 0 Å². The highest BCUT2D eigenvalue weighted by atomic mass is 35.5. The zero-order valence-electron chi connectivity index (χ0n) is 19.0. The molecule has 35 heavy (non-hydrogen) atoms. The van der Waals surface area contributed by atoms with Crippen molar-refractivity contribution >= 4 is 21.6 Å². The summed E-state index contributed by atoms with van der Waals surface area (Å²) in [7, 11) is -3.76. The molecule has 0 aromatic heterocycles. The summed E-state index contributed by atoms with van der Waals surface area (Å²) in [6, 6.07) is 20.6. The van der Waals surface area contributed by atoms with E-state index in [0.717, 1.165) is 48.5 Å². The Bertz CT molecular complexity index is 1310. The second-order valence-corrected chi connectivity index (χ2v) is 10.5. The second kappa shape index (κ2) is 11.2. The molecule has 1 heterocycles. The number of rotatable bonds is 9. The number of likely N-dealkylation sites (tertiary alicyclic amines) is 1. The van der Waals surface area contributed by atoms with Crippen LogP contribution in [0.25, 0.3) is 11.1 Å². The largest absolute Gasteiger partial charge is 0.494 e. The maximum absolute atomic E-state index is 13.3. The molecule has 9 heteroatoms. The number of sulfonamides is 1. The maximum atomic E-state index is 13.3. The molecule has 0 amide bonds. The Labute approximate surface area is 210 Å². The number of ether oxygens (including phenoxy) is 1. The topological polar surface area (TPSA) is 82.4 Å². The van der Waals surface area contributed by atoms with Crippen LogP contribution in [0.5, 0.6) is 5.75 Å². The van der Waals surface area contributed by atoms with Gasteiger partial charge in [0.1, 0.15) is 11.6 Å². The molecule has 0 radical (unpaired) electrons. The average molecular weight is 514 g/mol. The van der Waals surface area contributed by atoms with Gasteiger partial charge in [-0.2, -0.15) is 5.26 Å². The lowest BCUT2D eigenvalue weighted by molar-refractivity contribution is 0.261. The molecular formula is C26H25ClFN3O3S. The normalized spacial score (nSPS) is 16.2. The molecule has 1 atom stereocenters. The standard InChI is InChI=1S/C26H25ClFN3O3S/c27-25-16-24(10-11-26(25)28)35(32,33)30-22-12-14-31(18-22)13-1-15-34-23-8-6-21(7-9-23)20-4-2-19(17-29)3-5-20/h2-11,16,22,30H,1,12-15,18H2/t22-/m1/s1. The molecule has 0 bridgehead atoms. The first-order valence-electron chi connectivity index (χ1n) is 11.3. The monoisotopic (exact) mass is 513 g/mol. The Morgan fingerprint density at radius 3 is 2.43 bits per heavy atom. The first-order valence-corrected chi connectivity index (χ1v) is 13.1. The molecule has 6 nitrogen and oxygen atoms in total. The van der Waals surface area contributed by atoms with Gasteiger partial charge in [0, 0.05) is 19.1 Å². The van der Waals surface area contributed by atoms with E-state index in [2.05, 4.69) is 15.7 Å². The Kier molecular flexibility index (Phi) is 8.04. The van der Waals surface area contributed by atoms with E-state index in [4.69, 9.17) is 21.6 Å². The minimum Gasteiger partial charge on any atom is -0.494 e. The minimum atomic E-state index is -3.76. The number of halogens is 2. The van der Waals surface area contributed by atoms with Gasteiger partial charge in [0.2, 0.25) is 10.0 Å². The van der Waals surface area contributed by atoms with Crippen LogP contribution >= 0.6 is 11.6 Å². The van der Waals surface area contributed by atoms with E-state index in [0.29, 0.717) is 25.1 Å². The smallest absolute Gasteiger partial charge is 0.240 e. The van der Waals surface area contributed by atoms with Gasteiger partial charge in [0.25, 0.3) is 0 Å². The first-order chi connectivity index (χ1) is 16.8. The van der Waals surface area contributed by atoms with Gasteiger partial charge in [-0.25, -0.2) is 17.5 Å². The molecule has 1 fully saturated rings. The highest BCUT2D eigenvalue weighted by molar-refractivity contribution is 7.89. The van der Waals surface area contributed by atoms with Crippen LogP contribution in [0.1, 0.15) is 18.4 Å². The fourth-order valence-corrected chi connectivity index (χ4v) is 5.56. The summed E-state index contributed by atoms with van der Waals surface area (Å²) in [5.74, 6) is 0.134. The molecule has 0 spiro atoms. The average Bonchev–Trinajstić information content (AvgIpc) is 3.30. The van der Waals surface area contributed by atoms with Gasteiger partial charge in [0.05, 0.1) is 28.2 Å². The first kappa shape index (κ1) is 25.1. The van der Waals surface area contributed by atoms with Crippen LogP contribution in [0.15, 0.2) is 71.6 Å². The molecule has 182 valence electrons. The molecule has 4 rings (SSSR count). The zero-order chi connectivity index (χ0) is 24.8. The predicted molar refractivity (Wildman–Crippen MR) is 133 cm³/mol. The van der Waals surface area contributed by atoms with E-state index in [9.17, 15) is 12.8 Å². The quantitative estimate of drug-likeness (QED) is 0.414. The fraction of sp³-hybridized carbons (Fsp3) is 0.269. The van der Waals surface area contributed by atoms with Crippen LogP contribution < -0.4 is 9.46 Å². The zero-order valence-corrected chi connectivity index (χ0v) is 20.5. The van der Waals surface area contributed by atoms with Gasteiger partial charge in [-0.3, -0.25) is 0 Å². The summed E-state index contributed by atoms with van der Waals surface area (Å²) in [5, 5.41) is 8.70. The summed E-state index contributed by atoms with van der Waals surface area (Å²) >= 11 is 5.72. The summed E-state index contributed by atoms with van der Waals surface area (Å²) in [6.07, 6.45) is 1.51. The number of nitriles is 1. The predicted octanol–water partition coefficient (Wildman–Crippen LogP) is 4.84. The van der Waals surface area contributed by atoms with Gasteiger partial charge in [-0.15, -0.1) is 0 Å². The molecule has 1 aliphatic heterocycles. The molecule has 0 saturated carbocycles. The third-order valence-corrected chi connectivity index (χ3v) is 7.69. The van der Waals surface area contributed by atoms with Crippen molar-refractivity contribution in [3.8, 4) is 22.9 Å².